The Morgan fingerprint density at radius 1 is 0.304 bits per heavy atom. The van der Waals surface area contributed by atoms with Crippen LogP contribution < -0.4 is 15.9 Å². The minimum absolute atomic E-state index is 0.859. The first-order valence-electron chi connectivity index (χ1n) is 15.4. The lowest BCUT2D eigenvalue weighted by Gasteiger charge is -2.22. The molecule has 8 aromatic carbocycles. The van der Waals surface area contributed by atoms with Gasteiger partial charge in [-0.15, -0.1) is 22.7 Å². The zero-order valence-electron chi connectivity index (χ0n) is 24.6. The summed E-state index contributed by atoms with van der Waals surface area (Å²) in [5.74, 6) is 0. The van der Waals surface area contributed by atoms with Gasteiger partial charge in [-0.25, -0.2) is 0 Å². The van der Waals surface area contributed by atoms with Gasteiger partial charge in [0.15, 0.2) is 7.14 Å². The molecule has 0 aliphatic heterocycles. The van der Waals surface area contributed by atoms with Gasteiger partial charge in [0.25, 0.3) is 0 Å². The Morgan fingerprint density at radius 3 is 1.11 bits per heavy atom. The summed E-state index contributed by atoms with van der Waals surface area (Å²) in [7, 11) is -3.33. The summed E-state index contributed by atoms with van der Waals surface area (Å²) >= 11 is 3.59. The Hall–Kier alpha value is -4.79. The first kappa shape index (κ1) is 26.4. The van der Waals surface area contributed by atoms with Crippen LogP contribution in [0, 0.1) is 0 Å². The second-order valence-corrected chi connectivity index (χ2v) is 16.9. The van der Waals surface area contributed by atoms with E-state index in [1.54, 1.807) is 22.7 Å². The number of benzene rings is 8. The van der Waals surface area contributed by atoms with E-state index in [0.717, 1.165) is 32.1 Å². The van der Waals surface area contributed by atoms with Crippen LogP contribution in [0.15, 0.2) is 152 Å². The van der Waals surface area contributed by atoms with Crippen LogP contribution in [0.25, 0.3) is 72.7 Å². The molecule has 2 aromatic heterocycles. The summed E-state index contributed by atoms with van der Waals surface area (Å²) in [4.78, 5) is 0. The van der Waals surface area contributed by atoms with E-state index in [2.05, 4.69) is 152 Å². The Kier molecular flexibility index (Phi) is 5.66. The predicted molar refractivity (Wildman–Crippen MR) is 204 cm³/mol. The molecule has 0 spiro atoms. The maximum atomic E-state index is 16.3. The number of hydrogen-bond donors (Lipinski definition) is 0. The molecule has 0 unspecified atom stereocenters. The molecule has 1 nitrogen and oxygen atoms in total. The van der Waals surface area contributed by atoms with Crippen molar-refractivity contribution in [3.63, 3.8) is 0 Å². The first-order valence-corrected chi connectivity index (χ1v) is 18.8. The molecule has 2 heterocycles. The molecule has 0 saturated carbocycles. The zero-order chi connectivity index (χ0) is 30.4. The fraction of sp³-hybridized carbons (Fsp3) is 0. The van der Waals surface area contributed by atoms with Gasteiger partial charge < -0.3 is 4.57 Å². The predicted octanol–water partition coefficient (Wildman–Crippen LogP) is 11.5. The second kappa shape index (κ2) is 9.85. The van der Waals surface area contributed by atoms with Crippen LogP contribution in [0.5, 0.6) is 0 Å². The van der Waals surface area contributed by atoms with Crippen molar-refractivity contribution in [2.75, 3.05) is 0 Å². The monoisotopic (exact) mass is 640 g/mol. The highest BCUT2D eigenvalue weighted by Gasteiger charge is 2.32. The minimum atomic E-state index is -3.33. The topological polar surface area (TPSA) is 17.1 Å². The first-order chi connectivity index (χ1) is 22.7. The van der Waals surface area contributed by atoms with Gasteiger partial charge in [-0.3, -0.25) is 0 Å². The quantitative estimate of drug-likeness (QED) is 0.139. The molecular formula is C42H25OPS2. The van der Waals surface area contributed by atoms with E-state index in [1.807, 2.05) is 0 Å². The van der Waals surface area contributed by atoms with Gasteiger partial charge >= 0.3 is 0 Å². The zero-order valence-corrected chi connectivity index (χ0v) is 27.1. The number of rotatable bonds is 3. The van der Waals surface area contributed by atoms with Crippen molar-refractivity contribution in [1.29, 1.82) is 0 Å². The number of fused-ring (bicyclic) bond motifs is 12. The van der Waals surface area contributed by atoms with E-state index >= 15 is 4.57 Å². The molecule has 216 valence electrons. The van der Waals surface area contributed by atoms with Crippen LogP contribution in [0.1, 0.15) is 0 Å². The van der Waals surface area contributed by atoms with E-state index < -0.39 is 7.14 Å². The maximum absolute atomic E-state index is 16.3. The van der Waals surface area contributed by atoms with Gasteiger partial charge in [-0.2, -0.15) is 0 Å². The van der Waals surface area contributed by atoms with Gasteiger partial charge in [0.1, 0.15) is 0 Å². The molecule has 0 aliphatic carbocycles. The highest BCUT2D eigenvalue weighted by atomic mass is 32.1. The van der Waals surface area contributed by atoms with Crippen molar-refractivity contribution >= 4 is 118 Å². The highest BCUT2D eigenvalue weighted by Crippen LogP contribution is 2.47. The molecule has 0 aliphatic rings. The Morgan fingerprint density at radius 2 is 0.630 bits per heavy atom. The molecule has 0 N–H and O–H groups in total. The average molecular weight is 641 g/mol. The Bertz CT molecular complexity index is 2760. The van der Waals surface area contributed by atoms with Crippen LogP contribution in [-0.4, -0.2) is 0 Å². The third kappa shape index (κ3) is 3.71. The molecule has 0 bridgehead atoms. The standard InChI is InChI=1S/C42H25OPS2/c43-44(27-18-21-41-37(24-27)34-13-5-7-15-39(34)45-41,28-19-22-42-38(25-28)35-14-6-8-16-40(35)46-42)26-17-20-33-31-11-2-1-9-29(31)30-10-3-4-12-32(30)36(33)23-26/h1-25H. The van der Waals surface area contributed by atoms with Crippen molar-refractivity contribution in [3.8, 4) is 0 Å². The van der Waals surface area contributed by atoms with Crippen molar-refractivity contribution in [3.05, 3.63) is 152 Å². The third-order valence-corrected chi connectivity index (χ3v) is 14.9. The van der Waals surface area contributed by atoms with Crippen LogP contribution in [-0.2, 0) is 4.57 Å². The van der Waals surface area contributed by atoms with Crippen LogP contribution in [0.4, 0.5) is 0 Å². The molecule has 0 saturated heterocycles. The second-order valence-electron chi connectivity index (χ2n) is 12.0. The summed E-state index contributed by atoms with van der Waals surface area (Å²) in [5.41, 5.74) is 0. The van der Waals surface area contributed by atoms with E-state index in [0.29, 0.717) is 0 Å². The number of hydrogen-bond acceptors (Lipinski definition) is 3. The van der Waals surface area contributed by atoms with Crippen LogP contribution >= 0.6 is 29.8 Å². The lowest BCUT2D eigenvalue weighted by molar-refractivity contribution is 0.592. The molecule has 0 amide bonds. The molecule has 10 aromatic rings. The van der Waals surface area contributed by atoms with Gasteiger partial charge in [-0.1, -0.05) is 97.1 Å². The van der Waals surface area contributed by atoms with E-state index in [9.17, 15) is 0 Å². The smallest absolute Gasteiger partial charge is 0.171 e. The largest absolute Gasteiger partial charge is 0.309 e. The minimum Gasteiger partial charge on any atom is -0.309 e. The van der Waals surface area contributed by atoms with E-state index in [1.165, 1.54) is 56.5 Å². The summed E-state index contributed by atoms with van der Waals surface area (Å²) in [6, 6.07) is 53.8. The molecule has 0 radical (unpaired) electrons. The molecule has 4 heteroatoms. The average Bonchev–Trinajstić information content (AvgIpc) is 3.69. The lowest BCUT2D eigenvalue weighted by atomic mass is 9.94. The fourth-order valence-corrected chi connectivity index (χ4v) is 12.2. The van der Waals surface area contributed by atoms with Gasteiger partial charge in [0.05, 0.1) is 0 Å². The van der Waals surface area contributed by atoms with Gasteiger partial charge in [-0.05, 0) is 86.9 Å². The van der Waals surface area contributed by atoms with E-state index in [4.69, 9.17) is 0 Å². The van der Waals surface area contributed by atoms with Gasteiger partial charge in [0, 0.05) is 56.3 Å². The fourth-order valence-electron chi connectivity index (χ4n) is 7.36. The molecular weight excluding hydrogens is 616 g/mol. The van der Waals surface area contributed by atoms with Crippen molar-refractivity contribution in [1.82, 2.24) is 0 Å². The summed E-state index contributed by atoms with van der Waals surface area (Å²) in [6.45, 7) is 0. The van der Waals surface area contributed by atoms with Crippen LogP contribution in [0.2, 0.25) is 0 Å². The molecule has 0 fully saturated rings. The Balaban J connectivity index is 1.31. The maximum Gasteiger partial charge on any atom is 0.171 e. The molecule has 0 atom stereocenters. The van der Waals surface area contributed by atoms with Crippen molar-refractivity contribution in [2.24, 2.45) is 0 Å². The normalized spacial score (nSPS) is 12.4. The number of thiophene rings is 2. The third-order valence-electron chi connectivity index (χ3n) is 9.54. The summed E-state index contributed by atoms with van der Waals surface area (Å²) in [6.07, 6.45) is 0. The molecule has 46 heavy (non-hydrogen) atoms. The van der Waals surface area contributed by atoms with E-state index in [-0.39, 0.29) is 0 Å². The summed E-state index contributed by atoms with van der Waals surface area (Å²) < 4.78 is 21.2. The lowest BCUT2D eigenvalue weighted by Crippen LogP contribution is -2.25. The Labute approximate surface area is 273 Å². The van der Waals surface area contributed by atoms with Crippen molar-refractivity contribution in [2.45, 2.75) is 0 Å². The van der Waals surface area contributed by atoms with Crippen molar-refractivity contribution < 1.29 is 4.57 Å². The highest BCUT2D eigenvalue weighted by molar-refractivity contribution is 7.85. The SMILES string of the molecule is O=P(c1ccc2sc3ccccc3c2c1)(c1ccc2sc3ccccc3c2c1)c1ccc2c3ccccc3c3ccccc3c2c1. The van der Waals surface area contributed by atoms with Gasteiger partial charge in [0.2, 0.25) is 0 Å². The van der Waals surface area contributed by atoms with Crippen LogP contribution in [0.3, 0.4) is 0 Å². The summed E-state index contributed by atoms with van der Waals surface area (Å²) in [5, 5.41) is 14.5. The molecule has 10 rings (SSSR count).